The molecule has 9 heteroatoms. The largest absolute Gasteiger partial charge is 0.487 e. The minimum atomic E-state index is -3.72. The van der Waals surface area contributed by atoms with E-state index in [-0.39, 0.29) is 17.3 Å². The Morgan fingerprint density at radius 2 is 1.71 bits per heavy atom. The fourth-order valence-electron chi connectivity index (χ4n) is 3.08. The molecule has 2 aromatic carbocycles. The van der Waals surface area contributed by atoms with Crippen LogP contribution in [0.4, 0.5) is 0 Å². The fraction of sp³-hybridized carbons (Fsp3) is 0.120. The topological polar surface area (TPSA) is 111 Å². The zero-order valence-electron chi connectivity index (χ0n) is 18.2. The van der Waals surface area contributed by atoms with Crippen molar-refractivity contribution in [3.8, 4) is 5.75 Å². The molecule has 0 radical (unpaired) electrons. The van der Waals surface area contributed by atoms with Crippen LogP contribution in [-0.4, -0.2) is 19.3 Å². The lowest BCUT2D eigenvalue weighted by atomic mass is 10.2. The number of nitrogens with zero attached hydrogens (tertiary/aromatic N) is 1. The predicted molar refractivity (Wildman–Crippen MR) is 125 cm³/mol. The van der Waals surface area contributed by atoms with Gasteiger partial charge in [0.25, 0.3) is 5.91 Å². The number of pyridine rings is 1. The maximum Gasteiger partial charge on any atom is 0.251 e. The van der Waals surface area contributed by atoms with Crippen LogP contribution in [0, 0.1) is 0 Å². The average molecular weight is 478 g/mol. The zero-order chi connectivity index (χ0) is 23.8. The van der Waals surface area contributed by atoms with Crippen LogP contribution in [0.5, 0.6) is 5.75 Å². The molecule has 0 fully saturated rings. The number of ether oxygens (including phenoxy) is 1. The maximum absolute atomic E-state index is 12.5. The second kappa shape index (κ2) is 10.8. The number of sulfonamides is 1. The van der Waals surface area contributed by atoms with Gasteiger partial charge in [0.05, 0.1) is 23.4 Å². The number of nitrogens with one attached hydrogen (secondary N) is 2. The Bertz CT molecular complexity index is 1310. The number of hydrogen-bond donors (Lipinski definition) is 2. The molecule has 4 rings (SSSR count). The summed E-state index contributed by atoms with van der Waals surface area (Å²) in [6.45, 7) is 0.746. The van der Waals surface area contributed by atoms with E-state index in [0.717, 1.165) is 11.3 Å². The predicted octanol–water partition coefficient (Wildman–Crippen LogP) is 3.66. The van der Waals surface area contributed by atoms with E-state index >= 15 is 0 Å². The van der Waals surface area contributed by atoms with Crippen molar-refractivity contribution in [2.24, 2.45) is 0 Å². The van der Waals surface area contributed by atoms with Crippen molar-refractivity contribution in [2.75, 3.05) is 0 Å². The molecule has 0 atom stereocenters. The van der Waals surface area contributed by atoms with Crippen molar-refractivity contribution < 1.29 is 22.4 Å². The number of aromatic nitrogens is 1. The number of carbonyl (C=O) groups excluding carboxylic acids is 1. The number of benzene rings is 2. The van der Waals surface area contributed by atoms with E-state index in [1.165, 1.54) is 30.5 Å². The Balaban J connectivity index is 1.27. The summed E-state index contributed by atoms with van der Waals surface area (Å²) in [6, 6.07) is 22.2. The first-order valence-corrected chi connectivity index (χ1v) is 12.0. The summed E-state index contributed by atoms with van der Waals surface area (Å²) >= 11 is 0. The van der Waals surface area contributed by atoms with Crippen LogP contribution in [-0.2, 0) is 29.7 Å². The van der Waals surface area contributed by atoms with Gasteiger partial charge in [-0.15, -0.1) is 0 Å². The summed E-state index contributed by atoms with van der Waals surface area (Å²) in [6.07, 6.45) is 3.19. The van der Waals surface area contributed by atoms with Crippen LogP contribution >= 0.6 is 0 Å². The molecule has 2 heterocycles. The minimum absolute atomic E-state index is 0.0462. The molecule has 0 aliphatic rings. The van der Waals surface area contributed by atoms with E-state index in [1.807, 2.05) is 42.5 Å². The highest BCUT2D eigenvalue weighted by atomic mass is 32.2. The molecule has 0 saturated heterocycles. The smallest absolute Gasteiger partial charge is 0.251 e. The van der Waals surface area contributed by atoms with Crippen molar-refractivity contribution in [1.82, 2.24) is 15.0 Å². The van der Waals surface area contributed by atoms with Crippen LogP contribution < -0.4 is 14.8 Å². The van der Waals surface area contributed by atoms with Crippen molar-refractivity contribution in [1.29, 1.82) is 0 Å². The SMILES string of the molecule is O=C(NCc1ccc(OCc2ccccn2)cc1)c1ccc(S(=O)(=O)NCc2ccco2)cc1. The standard InChI is InChI=1S/C25H23N3O5S/c29-25(20-8-12-24(13-9-20)34(30,31)28-17-23-5-3-15-32-23)27-16-19-6-10-22(11-7-19)33-18-21-4-1-2-14-26-21/h1-15,28H,16-18H2,(H,27,29). The second-order valence-corrected chi connectivity index (χ2v) is 9.13. The first kappa shape index (κ1) is 23.2. The summed E-state index contributed by atoms with van der Waals surface area (Å²) in [5, 5.41) is 2.83. The first-order chi connectivity index (χ1) is 16.5. The van der Waals surface area contributed by atoms with Crippen molar-refractivity contribution in [3.63, 3.8) is 0 Å². The lowest BCUT2D eigenvalue weighted by Gasteiger charge is -2.09. The van der Waals surface area contributed by atoms with Crippen molar-refractivity contribution in [2.45, 2.75) is 24.6 Å². The Labute approximate surface area is 197 Å². The zero-order valence-corrected chi connectivity index (χ0v) is 19.0. The summed E-state index contributed by atoms with van der Waals surface area (Å²) in [5.74, 6) is 0.911. The molecule has 2 N–H and O–H groups in total. The van der Waals surface area contributed by atoms with Gasteiger partial charge in [-0.3, -0.25) is 9.78 Å². The molecular weight excluding hydrogens is 454 g/mol. The second-order valence-electron chi connectivity index (χ2n) is 7.36. The highest BCUT2D eigenvalue weighted by Gasteiger charge is 2.15. The minimum Gasteiger partial charge on any atom is -0.487 e. The Kier molecular flexibility index (Phi) is 7.36. The van der Waals surface area contributed by atoms with Crippen LogP contribution in [0.25, 0.3) is 0 Å². The fourth-order valence-corrected chi connectivity index (χ4v) is 4.07. The first-order valence-electron chi connectivity index (χ1n) is 10.5. The molecule has 2 aromatic heterocycles. The van der Waals surface area contributed by atoms with E-state index in [2.05, 4.69) is 15.0 Å². The van der Waals surface area contributed by atoms with Crippen LogP contribution in [0.2, 0.25) is 0 Å². The molecule has 174 valence electrons. The lowest BCUT2D eigenvalue weighted by molar-refractivity contribution is 0.0951. The third-order valence-electron chi connectivity index (χ3n) is 4.93. The van der Waals surface area contributed by atoms with E-state index in [1.54, 1.807) is 18.3 Å². The summed E-state index contributed by atoms with van der Waals surface area (Å²) in [5.41, 5.74) is 2.10. The Morgan fingerprint density at radius 3 is 2.38 bits per heavy atom. The summed E-state index contributed by atoms with van der Waals surface area (Å²) < 4.78 is 38.1. The molecule has 0 aliphatic heterocycles. The summed E-state index contributed by atoms with van der Waals surface area (Å²) in [7, 11) is -3.72. The number of hydrogen-bond acceptors (Lipinski definition) is 6. The molecule has 0 saturated carbocycles. The van der Waals surface area contributed by atoms with Gasteiger partial charge in [-0.1, -0.05) is 18.2 Å². The van der Waals surface area contributed by atoms with E-state index in [9.17, 15) is 13.2 Å². The number of amides is 1. The van der Waals surface area contributed by atoms with Crippen LogP contribution in [0.3, 0.4) is 0 Å². The molecule has 0 spiro atoms. The average Bonchev–Trinajstić information content (AvgIpc) is 3.40. The quantitative estimate of drug-likeness (QED) is 0.361. The molecule has 1 amide bonds. The molecule has 0 bridgehead atoms. The van der Waals surface area contributed by atoms with E-state index in [0.29, 0.717) is 30.2 Å². The maximum atomic E-state index is 12.5. The van der Waals surface area contributed by atoms with Gasteiger partial charge >= 0.3 is 0 Å². The van der Waals surface area contributed by atoms with Gasteiger partial charge in [0.15, 0.2) is 0 Å². The van der Waals surface area contributed by atoms with Gasteiger partial charge in [-0.25, -0.2) is 13.1 Å². The molecule has 0 aliphatic carbocycles. The van der Waals surface area contributed by atoms with Crippen LogP contribution in [0.1, 0.15) is 27.4 Å². The van der Waals surface area contributed by atoms with Gasteiger partial charge in [-0.2, -0.15) is 0 Å². The van der Waals surface area contributed by atoms with Gasteiger partial charge in [0.2, 0.25) is 10.0 Å². The lowest BCUT2D eigenvalue weighted by Crippen LogP contribution is -2.24. The highest BCUT2D eigenvalue weighted by molar-refractivity contribution is 7.89. The number of furan rings is 1. The molecule has 8 nitrogen and oxygen atoms in total. The van der Waals surface area contributed by atoms with E-state index < -0.39 is 10.0 Å². The molecular formula is C25H23N3O5S. The normalized spacial score (nSPS) is 11.2. The Hall–Kier alpha value is -3.95. The van der Waals surface area contributed by atoms with Crippen molar-refractivity contribution >= 4 is 15.9 Å². The van der Waals surface area contributed by atoms with Crippen molar-refractivity contribution in [3.05, 3.63) is 114 Å². The molecule has 4 aromatic rings. The van der Waals surface area contributed by atoms with Gasteiger partial charge < -0.3 is 14.5 Å². The third kappa shape index (κ3) is 6.31. The van der Waals surface area contributed by atoms with Gasteiger partial charge in [0, 0.05) is 18.3 Å². The van der Waals surface area contributed by atoms with Gasteiger partial charge in [-0.05, 0) is 66.2 Å². The molecule has 0 unspecified atom stereocenters. The Morgan fingerprint density at radius 1 is 0.912 bits per heavy atom. The molecule has 34 heavy (non-hydrogen) atoms. The highest BCUT2D eigenvalue weighted by Crippen LogP contribution is 2.15. The van der Waals surface area contributed by atoms with Crippen LogP contribution in [0.15, 0.2) is 101 Å². The summed E-state index contributed by atoms with van der Waals surface area (Å²) in [4.78, 5) is 16.7. The monoisotopic (exact) mass is 477 g/mol. The van der Waals surface area contributed by atoms with Gasteiger partial charge in [0.1, 0.15) is 18.1 Å². The third-order valence-corrected chi connectivity index (χ3v) is 6.35. The number of rotatable bonds is 10. The number of carbonyl (C=O) groups is 1. The van der Waals surface area contributed by atoms with E-state index in [4.69, 9.17) is 9.15 Å².